The minimum absolute atomic E-state index is 0.190. The summed E-state index contributed by atoms with van der Waals surface area (Å²) >= 11 is 0. The molecule has 0 amide bonds. The SMILES string of the molecule is O=C(Oc1ccc2ccccc2c1-c1c(OC(=O)c2ccc(OC(=O)C3CCC(C(=O)O)CC3)cc2)ccc2ccccc12)c1ccc(OC(=O)C2CCC(C(=O)O)CC2)cc1. The van der Waals surface area contributed by atoms with Gasteiger partial charge in [-0.05, 0) is 134 Å². The van der Waals surface area contributed by atoms with E-state index in [0.29, 0.717) is 62.5 Å². The minimum atomic E-state index is -0.853. The van der Waals surface area contributed by atoms with Crippen LogP contribution < -0.4 is 18.9 Å². The lowest BCUT2D eigenvalue weighted by atomic mass is 9.82. The zero-order chi connectivity index (χ0) is 43.3. The van der Waals surface area contributed by atoms with Crippen molar-refractivity contribution in [3.05, 3.63) is 132 Å². The van der Waals surface area contributed by atoms with E-state index in [2.05, 4.69) is 0 Å². The number of carboxylic acids is 2. The van der Waals surface area contributed by atoms with Crippen LogP contribution in [-0.2, 0) is 19.2 Å². The van der Waals surface area contributed by atoms with Gasteiger partial charge >= 0.3 is 35.8 Å². The van der Waals surface area contributed by atoms with Crippen molar-refractivity contribution in [3.8, 4) is 34.1 Å². The van der Waals surface area contributed by atoms with E-state index in [1.54, 1.807) is 12.1 Å². The number of fused-ring (bicyclic) bond motifs is 2. The average Bonchev–Trinajstić information content (AvgIpc) is 3.29. The van der Waals surface area contributed by atoms with Crippen LogP contribution in [0.3, 0.4) is 0 Å². The second-order valence-electron chi connectivity index (χ2n) is 15.8. The molecule has 2 fully saturated rings. The Hall–Kier alpha value is -7.34. The van der Waals surface area contributed by atoms with Crippen molar-refractivity contribution in [1.29, 1.82) is 0 Å². The molecule has 2 N–H and O–H groups in total. The number of hydrogen-bond donors (Lipinski definition) is 2. The van der Waals surface area contributed by atoms with Crippen LogP contribution in [0.15, 0.2) is 121 Å². The molecule has 12 nitrogen and oxygen atoms in total. The Kier molecular flexibility index (Phi) is 12.1. The van der Waals surface area contributed by atoms with E-state index in [1.165, 1.54) is 48.5 Å². The lowest BCUT2D eigenvalue weighted by molar-refractivity contribution is -0.147. The summed E-state index contributed by atoms with van der Waals surface area (Å²) in [6, 6.07) is 34.2. The van der Waals surface area contributed by atoms with Gasteiger partial charge in [-0.2, -0.15) is 0 Å². The van der Waals surface area contributed by atoms with E-state index in [0.717, 1.165) is 21.5 Å². The first-order valence-corrected chi connectivity index (χ1v) is 20.6. The molecule has 0 unspecified atom stereocenters. The summed E-state index contributed by atoms with van der Waals surface area (Å²) in [4.78, 5) is 76.0. The molecule has 8 rings (SSSR count). The van der Waals surface area contributed by atoms with E-state index >= 15 is 0 Å². The Balaban J connectivity index is 1.03. The number of hydrogen-bond acceptors (Lipinski definition) is 10. The molecule has 0 atom stereocenters. The van der Waals surface area contributed by atoms with Crippen LogP contribution in [0, 0.1) is 23.7 Å². The summed E-state index contributed by atoms with van der Waals surface area (Å²) in [7, 11) is 0. The van der Waals surface area contributed by atoms with Gasteiger partial charge in [-0.3, -0.25) is 19.2 Å². The number of carboxylic acid groups (broad SMARTS) is 2. The first-order valence-electron chi connectivity index (χ1n) is 20.6. The quantitative estimate of drug-likeness (QED) is 0.0934. The molecule has 6 aromatic rings. The Morgan fingerprint density at radius 1 is 0.387 bits per heavy atom. The second kappa shape index (κ2) is 18.1. The van der Waals surface area contributed by atoms with Crippen LogP contribution in [0.1, 0.15) is 72.1 Å². The van der Waals surface area contributed by atoms with Crippen LogP contribution in [0.2, 0.25) is 0 Å². The smallest absolute Gasteiger partial charge is 0.343 e. The zero-order valence-corrected chi connectivity index (χ0v) is 33.5. The maximum Gasteiger partial charge on any atom is 0.343 e. The molecule has 2 saturated carbocycles. The van der Waals surface area contributed by atoms with Crippen LogP contribution in [0.5, 0.6) is 23.0 Å². The summed E-state index contributed by atoms with van der Waals surface area (Å²) in [6.45, 7) is 0. The topological polar surface area (TPSA) is 180 Å². The lowest BCUT2D eigenvalue weighted by Gasteiger charge is -2.24. The molecule has 0 aliphatic heterocycles. The number of esters is 4. The maximum absolute atomic E-state index is 13.8. The summed E-state index contributed by atoms with van der Waals surface area (Å²) < 4.78 is 23.4. The predicted molar refractivity (Wildman–Crippen MR) is 227 cm³/mol. The van der Waals surface area contributed by atoms with E-state index in [-0.39, 0.29) is 34.1 Å². The Labute approximate surface area is 356 Å². The largest absolute Gasteiger partial charge is 0.481 e. The highest BCUT2D eigenvalue weighted by Gasteiger charge is 2.32. The van der Waals surface area contributed by atoms with Gasteiger partial charge in [0.25, 0.3) is 0 Å². The van der Waals surface area contributed by atoms with Gasteiger partial charge in [0, 0.05) is 11.1 Å². The maximum atomic E-state index is 13.8. The Morgan fingerprint density at radius 2 is 0.726 bits per heavy atom. The molecule has 0 bridgehead atoms. The predicted octanol–water partition coefficient (Wildman–Crippen LogP) is 9.69. The molecule has 2 aliphatic carbocycles. The number of carbonyl (C=O) groups is 6. The van der Waals surface area contributed by atoms with Gasteiger partial charge in [0.1, 0.15) is 23.0 Å². The normalized spacial score (nSPS) is 18.6. The van der Waals surface area contributed by atoms with Crippen molar-refractivity contribution in [1.82, 2.24) is 0 Å². The van der Waals surface area contributed by atoms with Crippen molar-refractivity contribution < 1.29 is 57.9 Å². The Morgan fingerprint density at radius 3 is 1.08 bits per heavy atom. The number of aliphatic carboxylic acids is 2. The minimum Gasteiger partial charge on any atom is -0.481 e. The van der Waals surface area contributed by atoms with Gasteiger partial charge in [-0.25, -0.2) is 9.59 Å². The number of carbonyl (C=O) groups excluding carboxylic acids is 4. The summed E-state index contributed by atoms with van der Waals surface area (Å²) in [5, 5.41) is 21.7. The van der Waals surface area contributed by atoms with Crippen molar-refractivity contribution >= 4 is 57.4 Å². The van der Waals surface area contributed by atoms with Gasteiger partial charge in [0.2, 0.25) is 0 Å². The van der Waals surface area contributed by atoms with Gasteiger partial charge in [-0.15, -0.1) is 0 Å². The molecule has 0 aromatic heterocycles. The molecule has 314 valence electrons. The van der Waals surface area contributed by atoms with E-state index < -0.39 is 59.5 Å². The zero-order valence-electron chi connectivity index (χ0n) is 33.5. The van der Waals surface area contributed by atoms with Crippen LogP contribution >= 0.6 is 0 Å². The molecular weight excluding hydrogens is 793 g/mol. The van der Waals surface area contributed by atoms with Crippen molar-refractivity contribution in [2.45, 2.75) is 51.4 Å². The molecular formula is C50H42O12. The molecule has 62 heavy (non-hydrogen) atoms. The van der Waals surface area contributed by atoms with Gasteiger partial charge in [0.05, 0.1) is 34.8 Å². The average molecular weight is 835 g/mol. The molecule has 6 aromatic carbocycles. The number of benzene rings is 6. The molecule has 12 heteroatoms. The second-order valence-corrected chi connectivity index (χ2v) is 15.8. The fourth-order valence-electron chi connectivity index (χ4n) is 8.38. The summed E-state index contributed by atoms with van der Waals surface area (Å²) in [6.07, 6.45) is 3.37. The molecule has 0 spiro atoms. The molecule has 2 aliphatic rings. The van der Waals surface area contributed by atoms with Crippen molar-refractivity contribution in [2.24, 2.45) is 23.7 Å². The molecule has 0 saturated heterocycles. The van der Waals surface area contributed by atoms with Crippen LogP contribution in [-0.4, -0.2) is 46.0 Å². The lowest BCUT2D eigenvalue weighted by Crippen LogP contribution is -2.28. The first kappa shape index (κ1) is 41.4. The van der Waals surface area contributed by atoms with Gasteiger partial charge in [0.15, 0.2) is 0 Å². The summed E-state index contributed by atoms with van der Waals surface area (Å²) in [5.74, 6) is -4.76. The van der Waals surface area contributed by atoms with E-state index in [4.69, 9.17) is 18.9 Å². The van der Waals surface area contributed by atoms with Crippen molar-refractivity contribution in [3.63, 3.8) is 0 Å². The standard InChI is InChI=1S/C50H42O12/c51-45(52)31-9-13-33(14-10-31)47(55)59-37-23-17-35(18-24-37)49(57)61-41-27-21-29-5-1-3-7-39(29)43(41)44-40-8-4-2-6-30(40)22-28-42(44)62-50(58)36-19-25-38(26-20-36)60-48(56)34-15-11-32(12-16-34)46(53)54/h1-8,17-28,31-34H,9-16H2,(H,51,52)(H,53,54). The molecule has 0 radical (unpaired) electrons. The highest BCUT2D eigenvalue weighted by molar-refractivity contribution is 6.11. The third-order valence-electron chi connectivity index (χ3n) is 11.9. The van der Waals surface area contributed by atoms with Gasteiger partial charge in [-0.1, -0.05) is 60.7 Å². The monoisotopic (exact) mass is 834 g/mol. The van der Waals surface area contributed by atoms with E-state index in [1.807, 2.05) is 60.7 Å². The number of rotatable bonds is 11. The Bertz CT molecular complexity index is 2500. The number of ether oxygens (including phenoxy) is 4. The van der Waals surface area contributed by atoms with Crippen LogP contribution in [0.4, 0.5) is 0 Å². The fourth-order valence-corrected chi connectivity index (χ4v) is 8.38. The van der Waals surface area contributed by atoms with Crippen LogP contribution in [0.25, 0.3) is 32.7 Å². The molecule has 0 heterocycles. The third kappa shape index (κ3) is 9.04. The first-order chi connectivity index (χ1) is 30.0. The van der Waals surface area contributed by atoms with Gasteiger partial charge < -0.3 is 29.2 Å². The third-order valence-corrected chi connectivity index (χ3v) is 11.9. The fraction of sp³-hybridized carbons (Fsp3) is 0.240. The summed E-state index contributed by atoms with van der Waals surface area (Å²) in [5.41, 5.74) is 1.41. The van der Waals surface area contributed by atoms with Crippen molar-refractivity contribution in [2.75, 3.05) is 0 Å². The van der Waals surface area contributed by atoms with E-state index in [9.17, 15) is 39.0 Å². The highest BCUT2D eigenvalue weighted by Crippen LogP contribution is 2.46. The highest BCUT2D eigenvalue weighted by atomic mass is 16.5.